The molecular formula is C15H26N4O3S. The van der Waals surface area contributed by atoms with Gasteiger partial charge in [0.15, 0.2) is 9.84 Å². The lowest BCUT2D eigenvalue weighted by Crippen LogP contribution is -2.37. The summed E-state index contributed by atoms with van der Waals surface area (Å²) in [5.41, 5.74) is 0. The van der Waals surface area contributed by atoms with E-state index in [4.69, 9.17) is 0 Å². The molecule has 130 valence electrons. The van der Waals surface area contributed by atoms with Gasteiger partial charge in [0.05, 0.1) is 23.7 Å². The fourth-order valence-electron chi connectivity index (χ4n) is 2.88. The maximum Gasteiger partial charge on any atom is 0.320 e. The third kappa shape index (κ3) is 4.95. The van der Waals surface area contributed by atoms with Crippen molar-refractivity contribution in [3.05, 3.63) is 12.3 Å². The topological polar surface area (TPSA) is 93.1 Å². The van der Waals surface area contributed by atoms with Crippen LogP contribution in [-0.4, -0.2) is 41.8 Å². The van der Waals surface area contributed by atoms with Crippen molar-refractivity contribution in [2.24, 2.45) is 5.92 Å². The van der Waals surface area contributed by atoms with E-state index >= 15 is 0 Å². The van der Waals surface area contributed by atoms with Crippen molar-refractivity contribution in [2.45, 2.75) is 52.1 Å². The van der Waals surface area contributed by atoms with E-state index in [2.05, 4.69) is 29.6 Å². The maximum atomic E-state index is 12.1. The number of rotatable bonds is 6. The first kappa shape index (κ1) is 17.8. The zero-order valence-electron chi connectivity index (χ0n) is 13.9. The molecule has 8 heteroatoms. The number of anilines is 1. The highest BCUT2D eigenvalue weighted by atomic mass is 32.2. The first-order valence-electron chi connectivity index (χ1n) is 8.12. The summed E-state index contributed by atoms with van der Waals surface area (Å²) in [5, 5.41) is 9.85. The summed E-state index contributed by atoms with van der Waals surface area (Å²) in [7, 11) is -2.99. The highest BCUT2D eigenvalue weighted by molar-refractivity contribution is 7.91. The lowest BCUT2D eigenvalue weighted by Gasteiger charge is -2.19. The SMILES string of the molecule is CC[C@H](C)C[C@H](C)NC(=O)Nc1ccnn1[C@H]1CCS(=O)(=O)C1. The fraction of sp³-hybridized carbons (Fsp3) is 0.733. The van der Waals surface area contributed by atoms with Crippen LogP contribution in [0.5, 0.6) is 0 Å². The van der Waals surface area contributed by atoms with Crippen molar-refractivity contribution in [1.82, 2.24) is 15.1 Å². The largest absolute Gasteiger partial charge is 0.335 e. The van der Waals surface area contributed by atoms with Gasteiger partial charge in [0.25, 0.3) is 0 Å². The van der Waals surface area contributed by atoms with Crippen molar-refractivity contribution in [2.75, 3.05) is 16.8 Å². The second-order valence-corrected chi connectivity index (χ2v) is 8.70. The molecule has 0 radical (unpaired) electrons. The van der Waals surface area contributed by atoms with Gasteiger partial charge in [0.1, 0.15) is 5.82 Å². The van der Waals surface area contributed by atoms with E-state index in [0.29, 0.717) is 18.2 Å². The van der Waals surface area contributed by atoms with E-state index in [1.165, 1.54) is 0 Å². The van der Waals surface area contributed by atoms with Gasteiger partial charge in [-0.2, -0.15) is 5.10 Å². The standard InChI is InChI=1S/C15H26N4O3S/c1-4-11(2)9-12(3)17-15(20)18-14-5-7-16-19(14)13-6-8-23(21,22)10-13/h5,7,11-13H,4,6,8-10H2,1-3H3,(H2,17,18,20)/t11-,12-,13-/m0/s1. The highest BCUT2D eigenvalue weighted by Crippen LogP contribution is 2.26. The molecule has 1 saturated heterocycles. The number of aromatic nitrogens is 2. The molecule has 1 aromatic heterocycles. The number of sulfone groups is 1. The number of urea groups is 1. The van der Waals surface area contributed by atoms with Crippen LogP contribution >= 0.6 is 0 Å². The van der Waals surface area contributed by atoms with Crippen LogP contribution in [0.4, 0.5) is 10.6 Å². The minimum Gasteiger partial charge on any atom is -0.335 e. The van der Waals surface area contributed by atoms with Crippen LogP contribution in [0.15, 0.2) is 12.3 Å². The maximum absolute atomic E-state index is 12.1. The average molecular weight is 342 g/mol. The molecule has 2 rings (SSSR count). The lowest BCUT2D eigenvalue weighted by molar-refractivity contribution is 0.247. The molecule has 23 heavy (non-hydrogen) atoms. The fourth-order valence-corrected chi connectivity index (χ4v) is 4.57. The molecule has 1 aliphatic heterocycles. The summed E-state index contributed by atoms with van der Waals surface area (Å²) in [6.45, 7) is 6.27. The minimum absolute atomic E-state index is 0.0770. The molecule has 0 saturated carbocycles. The quantitative estimate of drug-likeness (QED) is 0.829. The molecular weight excluding hydrogens is 316 g/mol. The highest BCUT2D eigenvalue weighted by Gasteiger charge is 2.31. The van der Waals surface area contributed by atoms with E-state index in [9.17, 15) is 13.2 Å². The molecule has 3 atom stereocenters. The van der Waals surface area contributed by atoms with Crippen molar-refractivity contribution in [3.63, 3.8) is 0 Å². The van der Waals surface area contributed by atoms with Crippen molar-refractivity contribution in [3.8, 4) is 0 Å². The number of carbonyl (C=O) groups is 1. The number of hydrogen-bond acceptors (Lipinski definition) is 4. The van der Waals surface area contributed by atoms with Gasteiger partial charge in [-0.25, -0.2) is 17.9 Å². The Balaban J connectivity index is 1.94. The third-order valence-electron chi connectivity index (χ3n) is 4.30. The Morgan fingerprint density at radius 1 is 1.48 bits per heavy atom. The number of carbonyl (C=O) groups excluding carboxylic acids is 1. The van der Waals surface area contributed by atoms with Gasteiger partial charge < -0.3 is 5.32 Å². The van der Waals surface area contributed by atoms with Crippen LogP contribution in [0, 0.1) is 5.92 Å². The normalized spacial score (nSPS) is 22.5. The van der Waals surface area contributed by atoms with Gasteiger partial charge >= 0.3 is 6.03 Å². The van der Waals surface area contributed by atoms with E-state index in [1.807, 2.05) is 6.92 Å². The molecule has 7 nitrogen and oxygen atoms in total. The van der Waals surface area contributed by atoms with Crippen molar-refractivity contribution in [1.29, 1.82) is 0 Å². The second-order valence-electron chi connectivity index (χ2n) is 6.47. The molecule has 1 fully saturated rings. The Hall–Kier alpha value is -1.57. The van der Waals surface area contributed by atoms with Crippen LogP contribution in [0.25, 0.3) is 0 Å². The summed E-state index contributed by atoms with van der Waals surface area (Å²) in [6, 6.07) is 1.27. The molecule has 0 bridgehead atoms. The summed E-state index contributed by atoms with van der Waals surface area (Å²) in [6.07, 6.45) is 4.11. The van der Waals surface area contributed by atoms with E-state index in [0.717, 1.165) is 12.8 Å². The first-order valence-corrected chi connectivity index (χ1v) is 9.94. The van der Waals surface area contributed by atoms with Crippen LogP contribution in [-0.2, 0) is 9.84 Å². The van der Waals surface area contributed by atoms with Crippen LogP contribution in [0.2, 0.25) is 0 Å². The molecule has 2 amide bonds. The molecule has 2 heterocycles. The minimum atomic E-state index is -2.99. The molecule has 0 spiro atoms. The molecule has 2 N–H and O–H groups in total. The van der Waals surface area contributed by atoms with Gasteiger partial charge in [-0.3, -0.25) is 5.32 Å². The van der Waals surface area contributed by atoms with Crippen molar-refractivity contribution < 1.29 is 13.2 Å². The van der Waals surface area contributed by atoms with Crippen molar-refractivity contribution >= 4 is 21.7 Å². The molecule has 0 unspecified atom stereocenters. The average Bonchev–Trinajstić information content (AvgIpc) is 3.04. The summed E-state index contributed by atoms with van der Waals surface area (Å²) in [4.78, 5) is 12.1. The summed E-state index contributed by atoms with van der Waals surface area (Å²) < 4.78 is 24.8. The number of nitrogens with one attached hydrogen (secondary N) is 2. The monoisotopic (exact) mass is 342 g/mol. The van der Waals surface area contributed by atoms with Gasteiger partial charge in [-0.15, -0.1) is 0 Å². The Morgan fingerprint density at radius 3 is 2.83 bits per heavy atom. The first-order chi connectivity index (χ1) is 10.8. The zero-order valence-corrected chi connectivity index (χ0v) is 14.8. The summed E-state index contributed by atoms with van der Waals surface area (Å²) in [5.74, 6) is 1.34. The predicted octanol–water partition coefficient (Wildman–Crippen LogP) is 2.19. The summed E-state index contributed by atoms with van der Waals surface area (Å²) >= 11 is 0. The Morgan fingerprint density at radius 2 is 2.22 bits per heavy atom. The number of amides is 2. The molecule has 0 aliphatic carbocycles. The predicted molar refractivity (Wildman–Crippen MR) is 90.2 cm³/mol. The Bertz CT molecular complexity index is 641. The van der Waals surface area contributed by atoms with Crippen LogP contribution in [0.3, 0.4) is 0 Å². The lowest BCUT2D eigenvalue weighted by atomic mass is 10.0. The number of hydrogen-bond donors (Lipinski definition) is 2. The third-order valence-corrected chi connectivity index (χ3v) is 6.05. The smallest absolute Gasteiger partial charge is 0.320 e. The van der Waals surface area contributed by atoms with Crippen LogP contribution < -0.4 is 10.6 Å². The Labute approximate surface area is 137 Å². The van der Waals surface area contributed by atoms with Gasteiger partial charge in [0, 0.05) is 12.1 Å². The molecule has 1 aliphatic rings. The Kier molecular flexibility index (Phi) is 5.67. The number of nitrogens with zero attached hydrogens (tertiary/aromatic N) is 2. The van der Waals surface area contributed by atoms with Gasteiger partial charge in [0.2, 0.25) is 0 Å². The van der Waals surface area contributed by atoms with Gasteiger partial charge in [-0.05, 0) is 25.7 Å². The molecule has 1 aromatic rings. The van der Waals surface area contributed by atoms with Crippen LogP contribution in [0.1, 0.15) is 46.1 Å². The van der Waals surface area contributed by atoms with E-state index < -0.39 is 9.84 Å². The zero-order chi connectivity index (χ0) is 17.0. The molecule has 0 aromatic carbocycles. The van der Waals surface area contributed by atoms with Gasteiger partial charge in [-0.1, -0.05) is 20.3 Å². The second kappa shape index (κ2) is 7.33. The van der Waals surface area contributed by atoms with E-state index in [1.54, 1.807) is 16.9 Å². The van der Waals surface area contributed by atoms with E-state index in [-0.39, 0.29) is 29.6 Å².